The van der Waals surface area contributed by atoms with Gasteiger partial charge in [-0.1, -0.05) is 87.9 Å². The van der Waals surface area contributed by atoms with Gasteiger partial charge in [0.2, 0.25) is 0 Å². The average Bonchev–Trinajstić information content (AvgIpc) is 2.50. The second-order valence-electron chi connectivity index (χ2n) is 4.80. The molecule has 0 spiro atoms. The van der Waals surface area contributed by atoms with Crippen molar-refractivity contribution in [1.29, 1.82) is 0 Å². The lowest BCUT2D eigenvalue weighted by molar-refractivity contribution is 0.922. The highest BCUT2D eigenvalue weighted by Gasteiger charge is 1.99. The van der Waals surface area contributed by atoms with Crippen LogP contribution in [0.15, 0.2) is 55.1 Å². The summed E-state index contributed by atoms with van der Waals surface area (Å²) in [6.07, 6.45) is 2.36. The lowest BCUT2D eigenvalue weighted by atomic mass is 10.00. The van der Waals surface area contributed by atoms with E-state index >= 15 is 0 Å². The van der Waals surface area contributed by atoms with Crippen LogP contribution in [-0.2, 0) is 6.42 Å². The third-order valence-electron chi connectivity index (χ3n) is 3.20. The van der Waals surface area contributed by atoms with E-state index in [1.54, 1.807) is 0 Å². The number of rotatable bonds is 4. The molecule has 2 rings (SSSR count). The van der Waals surface area contributed by atoms with Crippen LogP contribution in [0.4, 0.5) is 0 Å². The molecule has 2 aromatic rings. The molecule has 0 radical (unpaired) electrons. The Kier molecular flexibility index (Phi) is 6.79. The SMILES string of the molecule is C=C(C)c1ccc(-c2ccc(CCC)cc2)cc1.CC. The summed E-state index contributed by atoms with van der Waals surface area (Å²) < 4.78 is 0. The Morgan fingerprint density at radius 1 is 0.850 bits per heavy atom. The molecule has 0 heteroatoms. The summed E-state index contributed by atoms with van der Waals surface area (Å²) >= 11 is 0. The van der Waals surface area contributed by atoms with Crippen molar-refractivity contribution in [2.24, 2.45) is 0 Å². The molecule has 20 heavy (non-hydrogen) atoms. The Balaban J connectivity index is 0.000000956. The molecular weight excluding hydrogens is 240 g/mol. The molecule has 0 bridgehead atoms. The molecule has 0 fully saturated rings. The second-order valence-corrected chi connectivity index (χ2v) is 4.80. The first-order valence-corrected chi connectivity index (χ1v) is 7.56. The van der Waals surface area contributed by atoms with Crippen LogP contribution in [0.25, 0.3) is 16.7 Å². The molecule has 2 aromatic carbocycles. The van der Waals surface area contributed by atoms with Gasteiger partial charge in [0.15, 0.2) is 0 Å². The van der Waals surface area contributed by atoms with Crippen molar-refractivity contribution in [2.75, 3.05) is 0 Å². The third kappa shape index (κ3) is 4.38. The Labute approximate surface area is 124 Å². The molecule has 0 aliphatic heterocycles. The van der Waals surface area contributed by atoms with Crippen molar-refractivity contribution in [2.45, 2.75) is 40.5 Å². The smallest absolute Gasteiger partial charge is 0.0184 e. The number of benzene rings is 2. The first-order valence-electron chi connectivity index (χ1n) is 7.56. The van der Waals surface area contributed by atoms with Gasteiger partial charge in [0.1, 0.15) is 0 Å². The molecule has 0 atom stereocenters. The minimum Gasteiger partial charge on any atom is -0.0955 e. The zero-order valence-corrected chi connectivity index (χ0v) is 13.2. The van der Waals surface area contributed by atoms with E-state index in [2.05, 4.69) is 62.0 Å². The van der Waals surface area contributed by atoms with Crippen LogP contribution in [0.1, 0.15) is 45.2 Å². The van der Waals surface area contributed by atoms with Crippen LogP contribution < -0.4 is 0 Å². The van der Waals surface area contributed by atoms with Crippen molar-refractivity contribution < 1.29 is 0 Å². The fourth-order valence-electron chi connectivity index (χ4n) is 2.10. The Hall–Kier alpha value is -1.82. The van der Waals surface area contributed by atoms with E-state index in [0.29, 0.717) is 0 Å². The standard InChI is InChI=1S/C18H20.C2H6/c1-4-5-15-6-8-17(9-7-15)18-12-10-16(11-13-18)14(2)3;1-2/h6-13H,2,4-5H2,1,3H3;1-2H3. The van der Waals surface area contributed by atoms with Gasteiger partial charge in [-0.2, -0.15) is 0 Å². The lowest BCUT2D eigenvalue weighted by Crippen LogP contribution is -1.84. The van der Waals surface area contributed by atoms with E-state index in [4.69, 9.17) is 0 Å². The first-order chi connectivity index (χ1) is 9.70. The number of hydrogen-bond donors (Lipinski definition) is 0. The van der Waals surface area contributed by atoms with Gasteiger partial charge in [0.25, 0.3) is 0 Å². The number of hydrogen-bond acceptors (Lipinski definition) is 0. The quantitative estimate of drug-likeness (QED) is 0.603. The fraction of sp³-hybridized carbons (Fsp3) is 0.300. The first kappa shape index (κ1) is 16.2. The molecule has 0 aliphatic rings. The maximum atomic E-state index is 3.96. The van der Waals surface area contributed by atoms with E-state index in [0.717, 1.165) is 12.0 Å². The zero-order chi connectivity index (χ0) is 15.0. The maximum Gasteiger partial charge on any atom is -0.0184 e. The molecule has 0 nitrogen and oxygen atoms in total. The maximum absolute atomic E-state index is 3.96. The predicted molar refractivity (Wildman–Crippen MR) is 91.9 cm³/mol. The van der Waals surface area contributed by atoms with E-state index < -0.39 is 0 Å². The monoisotopic (exact) mass is 266 g/mol. The van der Waals surface area contributed by atoms with Gasteiger partial charge in [-0.05, 0) is 35.6 Å². The average molecular weight is 266 g/mol. The van der Waals surface area contributed by atoms with Crippen molar-refractivity contribution in [3.63, 3.8) is 0 Å². The highest BCUT2D eigenvalue weighted by atomic mass is 14.0. The van der Waals surface area contributed by atoms with Gasteiger partial charge in [-0.3, -0.25) is 0 Å². The Morgan fingerprint density at radius 2 is 1.30 bits per heavy atom. The van der Waals surface area contributed by atoms with Crippen LogP contribution >= 0.6 is 0 Å². The van der Waals surface area contributed by atoms with Crippen LogP contribution in [0.5, 0.6) is 0 Å². The summed E-state index contributed by atoms with van der Waals surface area (Å²) in [5.41, 5.74) is 6.28. The normalized spacial score (nSPS) is 9.60. The Bertz CT molecular complexity index is 515. The molecule has 0 aliphatic carbocycles. The van der Waals surface area contributed by atoms with Gasteiger partial charge in [-0.15, -0.1) is 0 Å². The predicted octanol–water partition coefficient (Wildman–Crippen LogP) is 6.37. The Morgan fingerprint density at radius 3 is 1.70 bits per heavy atom. The van der Waals surface area contributed by atoms with Gasteiger partial charge in [0, 0.05) is 0 Å². The number of allylic oxidation sites excluding steroid dienone is 1. The molecule has 0 unspecified atom stereocenters. The fourth-order valence-corrected chi connectivity index (χ4v) is 2.10. The van der Waals surface area contributed by atoms with E-state index in [1.807, 2.05) is 20.8 Å². The van der Waals surface area contributed by atoms with Gasteiger partial charge >= 0.3 is 0 Å². The van der Waals surface area contributed by atoms with E-state index in [-0.39, 0.29) is 0 Å². The van der Waals surface area contributed by atoms with Gasteiger partial charge < -0.3 is 0 Å². The van der Waals surface area contributed by atoms with Crippen molar-refractivity contribution in [3.8, 4) is 11.1 Å². The van der Waals surface area contributed by atoms with E-state index in [9.17, 15) is 0 Å². The largest absolute Gasteiger partial charge is 0.0955 e. The highest BCUT2D eigenvalue weighted by molar-refractivity contribution is 5.68. The molecular formula is C20H26. The van der Waals surface area contributed by atoms with Crippen molar-refractivity contribution >= 4 is 5.57 Å². The summed E-state index contributed by atoms with van der Waals surface area (Å²) in [6.45, 7) is 12.2. The summed E-state index contributed by atoms with van der Waals surface area (Å²) in [5.74, 6) is 0. The van der Waals surface area contributed by atoms with Crippen LogP contribution in [-0.4, -0.2) is 0 Å². The summed E-state index contributed by atoms with van der Waals surface area (Å²) in [4.78, 5) is 0. The zero-order valence-electron chi connectivity index (χ0n) is 13.2. The van der Waals surface area contributed by atoms with Gasteiger partial charge in [0.05, 0.1) is 0 Å². The summed E-state index contributed by atoms with van der Waals surface area (Å²) in [5, 5.41) is 0. The topological polar surface area (TPSA) is 0 Å². The van der Waals surface area contributed by atoms with Gasteiger partial charge in [-0.25, -0.2) is 0 Å². The lowest BCUT2D eigenvalue weighted by Gasteiger charge is -2.05. The highest BCUT2D eigenvalue weighted by Crippen LogP contribution is 2.22. The number of aryl methyl sites for hydroxylation is 1. The molecule has 0 heterocycles. The van der Waals surface area contributed by atoms with Crippen molar-refractivity contribution in [1.82, 2.24) is 0 Å². The third-order valence-corrected chi connectivity index (χ3v) is 3.20. The summed E-state index contributed by atoms with van der Waals surface area (Å²) in [7, 11) is 0. The minimum absolute atomic E-state index is 1.11. The minimum atomic E-state index is 1.11. The molecule has 0 aromatic heterocycles. The van der Waals surface area contributed by atoms with Crippen LogP contribution in [0.2, 0.25) is 0 Å². The molecule has 0 saturated carbocycles. The molecule has 106 valence electrons. The van der Waals surface area contributed by atoms with Crippen LogP contribution in [0.3, 0.4) is 0 Å². The van der Waals surface area contributed by atoms with Crippen LogP contribution in [0, 0.1) is 0 Å². The summed E-state index contributed by atoms with van der Waals surface area (Å²) in [6, 6.07) is 17.5. The molecule has 0 saturated heterocycles. The molecule has 0 amide bonds. The van der Waals surface area contributed by atoms with E-state index in [1.165, 1.54) is 28.7 Å². The second kappa shape index (κ2) is 8.37. The van der Waals surface area contributed by atoms with Crippen molar-refractivity contribution in [3.05, 3.63) is 66.2 Å². The molecule has 0 N–H and O–H groups in total.